The summed E-state index contributed by atoms with van der Waals surface area (Å²) in [5.41, 5.74) is 0.685. The van der Waals surface area contributed by atoms with Crippen LogP contribution in [0.5, 0.6) is 0 Å². The summed E-state index contributed by atoms with van der Waals surface area (Å²) >= 11 is 3.18. The number of alkyl halides is 1. The van der Waals surface area contributed by atoms with Crippen LogP contribution in [0.2, 0.25) is 0 Å². The number of amides is 2. The molecule has 2 amide bonds. The number of β-lactam (4-membered cyclic amide) rings is 1. The first-order valence-corrected chi connectivity index (χ1v) is 9.85. The number of hydrogen-bond acceptors (Lipinski definition) is 4. The van der Waals surface area contributed by atoms with E-state index in [1.165, 1.54) is 6.92 Å². The van der Waals surface area contributed by atoms with Gasteiger partial charge in [0.2, 0.25) is 11.8 Å². The average molecular weight is 427 g/mol. The summed E-state index contributed by atoms with van der Waals surface area (Å²) < 4.78 is 13.0. The molecule has 9 heteroatoms. The molecule has 1 fully saturated rings. The Bertz CT molecular complexity index is 810. The Labute approximate surface area is 154 Å². The van der Waals surface area contributed by atoms with Crippen molar-refractivity contribution in [2.75, 3.05) is 5.33 Å². The summed E-state index contributed by atoms with van der Waals surface area (Å²) in [6.07, 6.45) is 0. The summed E-state index contributed by atoms with van der Waals surface area (Å²) in [4.78, 5) is 37.0. The molecule has 0 saturated carbocycles. The van der Waals surface area contributed by atoms with Crippen molar-refractivity contribution in [3.63, 3.8) is 0 Å². The maximum atomic E-state index is 13.0. The number of aliphatic carboxylic acids is 1. The van der Waals surface area contributed by atoms with Gasteiger partial charge in [0, 0.05) is 17.8 Å². The zero-order valence-electron chi connectivity index (χ0n) is 13.1. The number of carbonyl (C=O) groups is 3. The molecular weight excluding hydrogens is 412 g/mol. The van der Waals surface area contributed by atoms with E-state index in [9.17, 15) is 23.7 Å². The monoisotopic (exact) mass is 426 g/mol. The molecule has 0 aromatic heterocycles. The third-order valence-electron chi connectivity index (χ3n) is 4.21. The van der Waals surface area contributed by atoms with E-state index >= 15 is 0 Å². The Morgan fingerprint density at radius 1 is 1.32 bits per heavy atom. The first kappa shape index (κ1) is 17.8. The van der Waals surface area contributed by atoms with E-state index in [0.29, 0.717) is 5.56 Å². The van der Waals surface area contributed by atoms with E-state index in [0.717, 1.165) is 4.90 Å². The molecule has 3 unspecified atom stereocenters. The standard InChI is InChI=1S/C16H15BrN2O5S/c1-8(20)18-13-10(7-17)12(16(22)23)19-14(21)11(15(19)25(13)24)9-5-3-2-4-6-9/h2-6,11,13,15H,7H2,1H3,(H,18,20)(H,22,23)/t11?,13?,15-,25?/m1/s1. The Morgan fingerprint density at radius 2 is 1.96 bits per heavy atom. The second kappa shape index (κ2) is 6.72. The van der Waals surface area contributed by atoms with E-state index in [1.807, 2.05) is 0 Å². The summed E-state index contributed by atoms with van der Waals surface area (Å²) in [6.45, 7) is 1.27. The molecule has 0 spiro atoms. The minimum Gasteiger partial charge on any atom is -0.477 e. The predicted octanol–water partition coefficient (Wildman–Crippen LogP) is 0.897. The van der Waals surface area contributed by atoms with Crippen LogP contribution in [-0.2, 0) is 25.2 Å². The lowest BCUT2D eigenvalue weighted by Crippen LogP contribution is -2.67. The molecule has 1 aromatic carbocycles. The fourth-order valence-electron chi connectivity index (χ4n) is 3.17. The highest BCUT2D eigenvalue weighted by molar-refractivity contribution is 9.09. The number of carbonyl (C=O) groups excluding carboxylic acids is 2. The van der Waals surface area contributed by atoms with Crippen LogP contribution in [0.15, 0.2) is 41.6 Å². The van der Waals surface area contributed by atoms with E-state index in [-0.39, 0.29) is 16.6 Å². The molecule has 0 bridgehead atoms. The Hall–Kier alpha value is -2.00. The number of fused-ring (bicyclic) bond motifs is 1. The van der Waals surface area contributed by atoms with Crippen LogP contribution in [0, 0.1) is 0 Å². The zero-order valence-corrected chi connectivity index (χ0v) is 15.5. The number of nitrogens with one attached hydrogen (secondary N) is 1. The molecule has 0 radical (unpaired) electrons. The van der Waals surface area contributed by atoms with E-state index in [4.69, 9.17) is 0 Å². The predicted molar refractivity (Wildman–Crippen MR) is 94.0 cm³/mol. The van der Waals surface area contributed by atoms with Crippen molar-refractivity contribution in [1.29, 1.82) is 0 Å². The molecule has 2 heterocycles. The van der Waals surface area contributed by atoms with Crippen LogP contribution in [0.4, 0.5) is 0 Å². The highest BCUT2D eigenvalue weighted by Gasteiger charge is 2.59. The van der Waals surface area contributed by atoms with E-state index in [2.05, 4.69) is 21.2 Å². The van der Waals surface area contributed by atoms with Gasteiger partial charge in [-0.1, -0.05) is 46.3 Å². The molecule has 4 atom stereocenters. The Kier molecular flexibility index (Phi) is 4.79. The number of carboxylic acids is 1. The van der Waals surface area contributed by atoms with Crippen molar-refractivity contribution in [2.24, 2.45) is 0 Å². The van der Waals surface area contributed by atoms with Gasteiger partial charge in [-0.25, -0.2) is 4.79 Å². The number of carboxylic acid groups (broad SMARTS) is 1. The molecule has 2 N–H and O–H groups in total. The maximum absolute atomic E-state index is 13.0. The minimum absolute atomic E-state index is 0.0812. The number of nitrogens with zero attached hydrogens (tertiary/aromatic N) is 1. The number of rotatable bonds is 4. The molecular formula is C16H15BrN2O5S. The van der Waals surface area contributed by atoms with Crippen LogP contribution >= 0.6 is 15.9 Å². The number of benzene rings is 1. The molecule has 7 nitrogen and oxygen atoms in total. The van der Waals surface area contributed by atoms with Gasteiger partial charge in [0.25, 0.3) is 0 Å². The van der Waals surface area contributed by atoms with Gasteiger partial charge >= 0.3 is 5.97 Å². The number of hydrogen-bond donors (Lipinski definition) is 2. The SMILES string of the molecule is CC(=O)NC1C(CBr)=C(C(=O)O)N2C(=O)C(c3ccccc3)[C@H]2S1=O. The van der Waals surface area contributed by atoms with Crippen molar-refractivity contribution < 1.29 is 23.7 Å². The molecule has 1 aromatic rings. The summed E-state index contributed by atoms with van der Waals surface area (Å²) in [5.74, 6) is -2.80. The van der Waals surface area contributed by atoms with Crippen molar-refractivity contribution >= 4 is 44.5 Å². The lowest BCUT2D eigenvalue weighted by atomic mass is 9.88. The number of halogens is 1. The Morgan fingerprint density at radius 3 is 2.48 bits per heavy atom. The molecule has 2 aliphatic rings. The van der Waals surface area contributed by atoms with Gasteiger partial charge in [-0.2, -0.15) is 0 Å². The van der Waals surface area contributed by atoms with Gasteiger partial charge in [0.05, 0.1) is 16.7 Å². The lowest BCUT2D eigenvalue weighted by Gasteiger charge is -2.51. The second-order valence-corrected chi connectivity index (χ2v) is 7.88. The van der Waals surface area contributed by atoms with Crippen molar-refractivity contribution in [2.45, 2.75) is 23.6 Å². The van der Waals surface area contributed by atoms with Crippen LogP contribution < -0.4 is 5.32 Å². The molecule has 0 aliphatic carbocycles. The second-order valence-electron chi connectivity index (χ2n) is 5.71. The molecule has 2 aliphatic heterocycles. The van der Waals surface area contributed by atoms with Crippen LogP contribution in [0.25, 0.3) is 0 Å². The average Bonchev–Trinajstić information content (AvgIpc) is 2.57. The quantitative estimate of drug-likeness (QED) is 0.549. The van der Waals surface area contributed by atoms with Gasteiger partial charge in [-0.3, -0.25) is 18.7 Å². The van der Waals surface area contributed by atoms with Gasteiger partial charge in [-0.15, -0.1) is 0 Å². The summed E-state index contributed by atoms with van der Waals surface area (Å²) in [5, 5.41) is 10.5. The maximum Gasteiger partial charge on any atom is 0.352 e. The summed E-state index contributed by atoms with van der Waals surface area (Å²) in [7, 11) is -1.68. The molecule has 3 rings (SSSR count). The summed E-state index contributed by atoms with van der Waals surface area (Å²) in [6, 6.07) is 8.82. The minimum atomic E-state index is -1.68. The first-order chi connectivity index (χ1) is 11.9. The van der Waals surface area contributed by atoms with E-state index < -0.39 is 45.2 Å². The van der Waals surface area contributed by atoms with Crippen LogP contribution in [0.3, 0.4) is 0 Å². The third-order valence-corrected chi connectivity index (χ3v) is 6.64. The molecule has 25 heavy (non-hydrogen) atoms. The Balaban J connectivity index is 2.10. The smallest absolute Gasteiger partial charge is 0.352 e. The lowest BCUT2D eigenvalue weighted by molar-refractivity contribution is -0.148. The van der Waals surface area contributed by atoms with Crippen LogP contribution in [0.1, 0.15) is 18.4 Å². The van der Waals surface area contributed by atoms with Crippen molar-refractivity contribution in [3.8, 4) is 0 Å². The fraction of sp³-hybridized carbons (Fsp3) is 0.312. The van der Waals surface area contributed by atoms with Gasteiger partial charge in [0.1, 0.15) is 16.4 Å². The van der Waals surface area contributed by atoms with Crippen LogP contribution in [-0.4, -0.2) is 48.1 Å². The van der Waals surface area contributed by atoms with E-state index in [1.54, 1.807) is 30.3 Å². The van der Waals surface area contributed by atoms with Crippen molar-refractivity contribution in [3.05, 3.63) is 47.2 Å². The largest absolute Gasteiger partial charge is 0.477 e. The van der Waals surface area contributed by atoms with Crippen molar-refractivity contribution in [1.82, 2.24) is 10.2 Å². The van der Waals surface area contributed by atoms with Gasteiger partial charge in [-0.05, 0) is 5.56 Å². The molecule has 1 saturated heterocycles. The molecule has 132 valence electrons. The third kappa shape index (κ3) is 2.81. The fourth-order valence-corrected chi connectivity index (χ4v) is 5.97. The van der Waals surface area contributed by atoms with Gasteiger partial charge in [0.15, 0.2) is 0 Å². The highest BCUT2D eigenvalue weighted by Crippen LogP contribution is 2.45. The zero-order chi connectivity index (χ0) is 18.3. The normalized spacial score (nSPS) is 28.2. The van der Waals surface area contributed by atoms with Gasteiger partial charge < -0.3 is 10.4 Å². The highest BCUT2D eigenvalue weighted by atomic mass is 79.9. The topological polar surface area (TPSA) is 104 Å². The first-order valence-electron chi connectivity index (χ1n) is 7.45.